The summed E-state index contributed by atoms with van der Waals surface area (Å²) in [5.41, 5.74) is 6.31. The van der Waals surface area contributed by atoms with Crippen LogP contribution in [-0.2, 0) is 0 Å². The van der Waals surface area contributed by atoms with Crippen LogP contribution in [0.5, 0.6) is 0 Å². The first-order valence-corrected chi connectivity index (χ1v) is 8.04. The van der Waals surface area contributed by atoms with Crippen LogP contribution in [0.15, 0.2) is 15.9 Å². The Balaban J connectivity index is 2.93. The summed E-state index contributed by atoms with van der Waals surface area (Å²) in [6.45, 7) is 8.78. The van der Waals surface area contributed by atoms with E-state index in [0.717, 1.165) is 19.5 Å². The minimum absolute atomic E-state index is 0.215. The van der Waals surface area contributed by atoms with Crippen molar-refractivity contribution in [1.82, 2.24) is 4.90 Å². The van der Waals surface area contributed by atoms with Crippen molar-refractivity contribution in [1.29, 1.82) is 0 Å². The number of nitrogens with zero attached hydrogens (tertiary/aromatic N) is 1. The minimum Gasteiger partial charge on any atom is -0.326 e. The monoisotopic (exact) mass is 318 g/mol. The van der Waals surface area contributed by atoms with Crippen molar-refractivity contribution >= 4 is 27.3 Å². The Labute approximate surface area is 117 Å². The summed E-state index contributed by atoms with van der Waals surface area (Å²) in [5, 5.41) is 2.14. The van der Waals surface area contributed by atoms with E-state index in [0.29, 0.717) is 6.04 Å². The van der Waals surface area contributed by atoms with Gasteiger partial charge in [0.2, 0.25) is 0 Å². The summed E-state index contributed by atoms with van der Waals surface area (Å²) >= 11 is 5.33. The summed E-state index contributed by atoms with van der Waals surface area (Å²) < 4.78 is 1.17. The maximum Gasteiger partial charge on any atom is 0.0593 e. The third-order valence-corrected chi connectivity index (χ3v) is 4.83. The second kappa shape index (κ2) is 7.52. The lowest BCUT2D eigenvalue weighted by Gasteiger charge is -2.33. The Kier molecular flexibility index (Phi) is 6.70. The van der Waals surface area contributed by atoms with Crippen LogP contribution in [0.2, 0.25) is 0 Å². The SMILES string of the molecule is CCCN(CC)C(c1cc(Br)cs1)C(N)CC. The summed E-state index contributed by atoms with van der Waals surface area (Å²) in [6.07, 6.45) is 2.19. The lowest BCUT2D eigenvalue weighted by molar-refractivity contribution is 0.181. The van der Waals surface area contributed by atoms with Crippen LogP contribution in [0.25, 0.3) is 0 Å². The number of hydrogen-bond acceptors (Lipinski definition) is 3. The molecule has 1 rings (SSSR count). The third-order valence-electron chi connectivity index (χ3n) is 3.07. The van der Waals surface area contributed by atoms with E-state index >= 15 is 0 Å². The normalized spacial score (nSPS) is 15.2. The lowest BCUT2D eigenvalue weighted by Crippen LogP contribution is -2.40. The molecular formula is C13H23BrN2S. The number of thiophene rings is 1. The number of halogens is 1. The van der Waals surface area contributed by atoms with Gasteiger partial charge in [0.1, 0.15) is 0 Å². The first kappa shape index (κ1) is 15.2. The van der Waals surface area contributed by atoms with E-state index < -0.39 is 0 Å². The number of hydrogen-bond donors (Lipinski definition) is 1. The fourth-order valence-electron chi connectivity index (χ4n) is 2.15. The van der Waals surface area contributed by atoms with Crippen LogP contribution in [0.1, 0.15) is 44.5 Å². The van der Waals surface area contributed by atoms with E-state index in [-0.39, 0.29) is 6.04 Å². The molecule has 1 aromatic rings. The molecule has 1 heterocycles. The molecule has 17 heavy (non-hydrogen) atoms. The molecule has 0 aliphatic heterocycles. The smallest absolute Gasteiger partial charge is 0.0593 e. The van der Waals surface area contributed by atoms with Crippen molar-refractivity contribution in [3.05, 3.63) is 20.8 Å². The Hall–Kier alpha value is 0.1000. The topological polar surface area (TPSA) is 29.3 Å². The first-order valence-electron chi connectivity index (χ1n) is 6.37. The molecule has 0 fully saturated rings. The number of nitrogens with two attached hydrogens (primary N) is 1. The van der Waals surface area contributed by atoms with Crippen LogP contribution < -0.4 is 5.73 Å². The number of rotatable bonds is 7. The van der Waals surface area contributed by atoms with Gasteiger partial charge >= 0.3 is 0 Å². The number of likely N-dealkylation sites (N-methyl/N-ethyl adjacent to an activating group) is 1. The molecule has 2 unspecified atom stereocenters. The largest absolute Gasteiger partial charge is 0.326 e. The first-order chi connectivity index (χ1) is 8.13. The molecule has 0 radical (unpaired) electrons. The van der Waals surface area contributed by atoms with Crippen molar-refractivity contribution in [2.75, 3.05) is 13.1 Å². The van der Waals surface area contributed by atoms with Crippen LogP contribution >= 0.6 is 27.3 Å². The van der Waals surface area contributed by atoms with E-state index in [9.17, 15) is 0 Å². The van der Waals surface area contributed by atoms with Gasteiger partial charge in [0.05, 0.1) is 6.04 Å². The zero-order valence-electron chi connectivity index (χ0n) is 10.9. The highest BCUT2D eigenvalue weighted by atomic mass is 79.9. The van der Waals surface area contributed by atoms with Crippen LogP contribution in [-0.4, -0.2) is 24.0 Å². The van der Waals surface area contributed by atoms with Gasteiger partial charge in [-0.2, -0.15) is 0 Å². The highest BCUT2D eigenvalue weighted by molar-refractivity contribution is 9.10. The molecule has 2 N–H and O–H groups in total. The molecular weight excluding hydrogens is 296 g/mol. The highest BCUT2D eigenvalue weighted by Crippen LogP contribution is 2.32. The minimum atomic E-state index is 0.215. The molecule has 0 saturated heterocycles. The second-order valence-electron chi connectivity index (χ2n) is 4.31. The average molecular weight is 319 g/mol. The van der Waals surface area contributed by atoms with Gasteiger partial charge in [-0.1, -0.05) is 20.8 Å². The summed E-state index contributed by atoms with van der Waals surface area (Å²) in [6, 6.07) is 2.79. The molecule has 0 bridgehead atoms. The van der Waals surface area contributed by atoms with Crippen LogP contribution in [0, 0.1) is 0 Å². The molecule has 0 amide bonds. The van der Waals surface area contributed by atoms with Crippen molar-refractivity contribution < 1.29 is 0 Å². The third kappa shape index (κ3) is 4.05. The zero-order chi connectivity index (χ0) is 12.8. The van der Waals surface area contributed by atoms with Crippen molar-refractivity contribution in [3.8, 4) is 0 Å². The predicted molar refractivity (Wildman–Crippen MR) is 80.6 cm³/mol. The van der Waals surface area contributed by atoms with Gasteiger partial charge in [0, 0.05) is 20.8 Å². The highest BCUT2D eigenvalue weighted by Gasteiger charge is 2.25. The quantitative estimate of drug-likeness (QED) is 0.822. The van der Waals surface area contributed by atoms with Crippen molar-refractivity contribution in [2.24, 2.45) is 5.73 Å². The van der Waals surface area contributed by atoms with Gasteiger partial charge in [-0.3, -0.25) is 4.90 Å². The van der Waals surface area contributed by atoms with Gasteiger partial charge in [-0.15, -0.1) is 11.3 Å². The molecule has 0 aromatic carbocycles. The molecule has 0 aliphatic carbocycles. The van der Waals surface area contributed by atoms with Crippen molar-refractivity contribution in [2.45, 2.75) is 45.7 Å². The zero-order valence-corrected chi connectivity index (χ0v) is 13.4. The van der Waals surface area contributed by atoms with E-state index in [2.05, 4.69) is 53.0 Å². The molecule has 0 spiro atoms. The Morgan fingerprint density at radius 3 is 2.53 bits per heavy atom. The summed E-state index contributed by atoms with van der Waals surface area (Å²) in [4.78, 5) is 3.87. The van der Waals surface area contributed by atoms with E-state index in [1.54, 1.807) is 11.3 Å². The van der Waals surface area contributed by atoms with Crippen LogP contribution in [0.3, 0.4) is 0 Å². The second-order valence-corrected chi connectivity index (χ2v) is 6.17. The van der Waals surface area contributed by atoms with Crippen molar-refractivity contribution in [3.63, 3.8) is 0 Å². The Morgan fingerprint density at radius 1 is 1.41 bits per heavy atom. The van der Waals surface area contributed by atoms with Gasteiger partial charge in [-0.05, 0) is 47.9 Å². The standard InChI is InChI=1S/C13H23BrN2S/c1-4-7-16(6-3)13(11(15)5-2)12-8-10(14)9-17-12/h8-9,11,13H,4-7,15H2,1-3H3. The van der Waals surface area contributed by atoms with Gasteiger partial charge in [0.15, 0.2) is 0 Å². The Morgan fingerprint density at radius 2 is 2.12 bits per heavy atom. The van der Waals surface area contributed by atoms with E-state index in [1.165, 1.54) is 15.8 Å². The van der Waals surface area contributed by atoms with Gasteiger partial charge in [0.25, 0.3) is 0 Å². The van der Waals surface area contributed by atoms with Crippen LogP contribution in [0.4, 0.5) is 0 Å². The molecule has 2 atom stereocenters. The fraction of sp³-hybridized carbons (Fsp3) is 0.692. The molecule has 0 aliphatic rings. The molecule has 0 saturated carbocycles. The summed E-state index contributed by atoms with van der Waals surface area (Å²) in [7, 11) is 0. The molecule has 1 aromatic heterocycles. The maximum absolute atomic E-state index is 6.31. The van der Waals surface area contributed by atoms with Gasteiger partial charge < -0.3 is 5.73 Å². The fourth-order valence-corrected chi connectivity index (χ4v) is 3.80. The average Bonchev–Trinajstić information content (AvgIpc) is 2.74. The molecule has 2 nitrogen and oxygen atoms in total. The van der Waals surface area contributed by atoms with E-state index in [4.69, 9.17) is 5.73 Å². The molecule has 98 valence electrons. The van der Waals surface area contributed by atoms with E-state index in [1.807, 2.05) is 0 Å². The predicted octanol–water partition coefficient (Wildman–Crippen LogP) is 4.02. The lowest BCUT2D eigenvalue weighted by atomic mass is 10.0. The molecule has 4 heteroatoms. The maximum atomic E-state index is 6.31. The Bertz CT molecular complexity index is 327. The van der Waals surface area contributed by atoms with Gasteiger partial charge in [-0.25, -0.2) is 0 Å². The summed E-state index contributed by atoms with van der Waals surface area (Å²) in [5.74, 6) is 0.